The molecule has 0 radical (unpaired) electrons. The van der Waals surface area contributed by atoms with Crippen LogP contribution in [0, 0.1) is 11.6 Å². The van der Waals surface area contributed by atoms with Crippen molar-refractivity contribution >= 4 is 21.5 Å². The van der Waals surface area contributed by atoms with E-state index in [4.69, 9.17) is 9.47 Å². The van der Waals surface area contributed by atoms with Crippen LogP contribution in [0.15, 0.2) is 36.4 Å². The molecule has 0 aliphatic rings. The lowest BCUT2D eigenvalue weighted by Gasteiger charge is -2.13. The smallest absolute Gasteiger partial charge is 0.172 e. The maximum atomic E-state index is 15.1. The molecule has 0 bridgehead atoms. The summed E-state index contributed by atoms with van der Waals surface area (Å²) in [6.07, 6.45) is 12.6. The van der Waals surface area contributed by atoms with Crippen molar-refractivity contribution in [3.05, 3.63) is 48.0 Å². The van der Waals surface area contributed by atoms with E-state index in [-0.39, 0.29) is 23.1 Å². The molecule has 3 aromatic carbocycles. The highest BCUT2D eigenvalue weighted by Gasteiger charge is 2.15. The van der Waals surface area contributed by atoms with Crippen LogP contribution >= 0.6 is 0 Å². The number of ether oxygens (including phenoxy) is 2. The highest BCUT2D eigenvalue weighted by molar-refractivity contribution is 6.08. The molecule has 180 valence electrons. The summed E-state index contributed by atoms with van der Waals surface area (Å²) in [6, 6.07) is 10.2. The highest BCUT2D eigenvalue weighted by atomic mass is 19.1. The van der Waals surface area contributed by atoms with Crippen molar-refractivity contribution in [3.8, 4) is 11.5 Å². The van der Waals surface area contributed by atoms with Gasteiger partial charge in [0.2, 0.25) is 0 Å². The van der Waals surface area contributed by atoms with Crippen LogP contribution in [0.5, 0.6) is 11.5 Å². The number of fused-ring (bicyclic) bond motifs is 3. The first kappa shape index (κ1) is 25.3. The summed E-state index contributed by atoms with van der Waals surface area (Å²) >= 11 is 0. The van der Waals surface area contributed by atoms with Crippen LogP contribution in [-0.4, -0.2) is 13.2 Å². The summed E-state index contributed by atoms with van der Waals surface area (Å²) in [7, 11) is 0. The largest absolute Gasteiger partial charge is 0.490 e. The van der Waals surface area contributed by atoms with Crippen LogP contribution in [-0.2, 0) is 0 Å². The Kier molecular flexibility index (Phi) is 10.2. The minimum Gasteiger partial charge on any atom is -0.490 e. The summed E-state index contributed by atoms with van der Waals surface area (Å²) in [5.41, 5.74) is 0. The van der Waals surface area contributed by atoms with Crippen LogP contribution in [0.2, 0.25) is 0 Å². The van der Waals surface area contributed by atoms with Gasteiger partial charge in [-0.05, 0) is 47.9 Å². The number of unbranched alkanes of at least 4 members (excludes halogenated alkanes) is 9. The second-order valence-corrected chi connectivity index (χ2v) is 8.89. The molecule has 0 aromatic heterocycles. The topological polar surface area (TPSA) is 18.5 Å². The molecule has 0 saturated heterocycles. The van der Waals surface area contributed by atoms with Gasteiger partial charge >= 0.3 is 0 Å². The van der Waals surface area contributed by atoms with E-state index in [2.05, 4.69) is 13.8 Å². The van der Waals surface area contributed by atoms with Crippen molar-refractivity contribution in [2.24, 2.45) is 0 Å². The number of benzene rings is 3. The van der Waals surface area contributed by atoms with Crippen molar-refractivity contribution in [2.75, 3.05) is 13.2 Å². The molecule has 3 rings (SSSR count). The lowest BCUT2D eigenvalue weighted by atomic mass is 10.0. The molecule has 0 unspecified atom stereocenters. The zero-order valence-electron chi connectivity index (χ0n) is 20.2. The Morgan fingerprint density at radius 1 is 0.485 bits per heavy atom. The van der Waals surface area contributed by atoms with Gasteiger partial charge in [0, 0.05) is 10.8 Å². The molecule has 0 heterocycles. The fraction of sp³-hybridized carbons (Fsp3) is 0.517. The molecule has 0 N–H and O–H groups in total. The first-order valence-electron chi connectivity index (χ1n) is 12.8. The number of rotatable bonds is 15. The fourth-order valence-electron chi connectivity index (χ4n) is 4.28. The van der Waals surface area contributed by atoms with Crippen molar-refractivity contribution in [2.45, 2.75) is 84.5 Å². The second kappa shape index (κ2) is 13.4. The van der Waals surface area contributed by atoms with Gasteiger partial charge in [-0.1, -0.05) is 83.8 Å². The van der Waals surface area contributed by atoms with Gasteiger partial charge in [0.05, 0.1) is 13.2 Å². The lowest BCUT2D eigenvalue weighted by molar-refractivity contribution is 0.291. The zero-order valence-corrected chi connectivity index (χ0v) is 20.2. The minimum atomic E-state index is -0.385. The average Bonchev–Trinajstić information content (AvgIpc) is 2.83. The van der Waals surface area contributed by atoms with Gasteiger partial charge in [0.15, 0.2) is 23.1 Å². The van der Waals surface area contributed by atoms with Crippen LogP contribution in [0.3, 0.4) is 0 Å². The predicted octanol–water partition coefficient (Wildman–Crippen LogP) is 9.36. The molecule has 2 nitrogen and oxygen atoms in total. The lowest BCUT2D eigenvalue weighted by Crippen LogP contribution is -2.01. The van der Waals surface area contributed by atoms with Gasteiger partial charge in [-0.3, -0.25) is 0 Å². The van der Waals surface area contributed by atoms with Crippen LogP contribution in [0.1, 0.15) is 84.5 Å². The standard InChI is InChI=1S/C29H38F2O2/c1-3-5-7-9-10-11-13-21-33-27-19-17-23-22-16-18-26(32-20-12-8-6-4-2)28(30)24(22)14-15-25(23)29(27)31/h14-19H,3-13,20-21H2,1-2H3. The molecule has 0 aliphatic carbocycles. The maximum absolute atomic E-state index is 15.1. The van der Waals surface area contributed by atoms with E-state index in [1.165, 1.54) is 32.1 Å². The third kappa shape index (κ3) is 6.82. The number of hydrogen-bond donors (Lipinski definition) is 0. The van der Waals surface area contributed by atoms with Gasteiger partial charge in [-0.25, -0.2) is 8.78 Å². The summed E-state index contributed by atoms with van der Waals surface area (Å²) < 4.78 is 41.6. The van der Waals surface area contributed by atoms with Crippen molar-refractivity contribution < 1.29 is 18.3 Å². The first-order chi connectivity index (χ1) is 16.2. The Morgan fingerprint density at radius 3 is 1.30 bits per heavy atom. The second-order valence-electron chi connectivity index (χ2n) is 8.89. The molecule has 0 saturated carbocycles. The quantitative estimate of drug-likeness (QED) is 0.167. The molecule has 33 heavy (non-hydrogen) atoms. The van der Waals surface area contributed by atoms with Crippen LogP contribution in [0.25, 0.3) is 21.5 Å². The summed E-state index contributed by atoms with van der Waals surface area (Å²) in [4.78, 5) is 0. The SMILES string of the molecule is CCCCCCCCCOc1ccc2c(ccc3c(F)c(OCCCCCC)ccc32)c1F. The van der Waals surface area contributed by atoms with E-state index in [0.717, 1.165) is 38.5 Å². The minimum absolute atomic E-state index is 0.258. The number of halogens is 2. The van der Waals surface area contributed by atoms with Gasteiger partial charge in [-0.2, -0.15) is 0 Å². The Bertz CT molecular complexity index is 1020. The summed E-state index contributed by atoms with van der Waals surface area (Å²) in [5.74, 6) is -0.243. The van der Waals surface area contributed by atoms with Gasteiger partial charge < -0.3 is 9.47 Å². The predicted molar refractivity (Wildman–Crippen MR) is 134 cm³/mol. The Hall–Kier alpha value is -2.36. The summed E-state index contributed by atoms with van der Waals surface area (Å²) in [6.45, 7) is 5.39. The van der Waals surface area contributed by atoms with E-state index in [0.29, 0.717) is 34.8 Å². The maximum Gasteiger partial charge on any atom is 0.172 e. The number of hydrogen-bond acceptors (Lipinski definition) is 2. The van der Waals surface area contributed by atoms with Crippen molar-refractivity contribution in [1.82, 2.24) is 0 Å². The van der Waals surface area contributed by atoms with E-state index in [9.17, 15) is 0 Å². The normalized spacial score (nSPS) is 11.4. The van der Waals surface area contributed by atoms with Gasteiger partial charge in [0.1, 0.15) is 0 Å². The van der Waals surface area contributed by atoms with Crippen molar-refractivity contribution in [3.63, 3.8) is 0 Å². The van der Waals surface area contributed by atoms with E-state index < -0.39 is 0 Å². The first-order valence-corrected chi connectivity index (χ1v) is 12.8. The molecule has 0 atom stereocenters. The zero-order chi connectivity index (χ0) is 23.5. The Morgan fingerprint density at radius 2 is 0.848 bits per heavy atom. The molecule has 4 heteroatoms. The molecular formula is C29H38F2O2. The van der Waals surface area contributed by atoms with Crippen LogP contribution in [0.4, 0.5) is 8.78 Å². The molecule has 0 fully saturated rings. The third-order valence-corrected chi connectivity index (χ3v) is 6.26. The van der Waals surface area contributed by atoms with E-state index in [1.54, 1.807) is 24.3 Å². The average molecular weight is 457 g/mol. The fourth-order valence-corrected chi connectivity index (χ4v) is 4.28. The van der Waals surface area contributed by atoms with Gasteiger partial charge in [-0.15, -0.1) is 0 Å². The Labute approximate surface area is 197 Å². The molecule has 3 aromatic rings. The van der Waals surface area contributed by atoms with E-state index >= 15 is 8.78 Å². The third-order valence-electron chi connectivity index (χ3n) is 6.26. The van der Waals surface area contributed by atoms with E-state index in [1.807, 2.05) is 12.1 Å². The monoisotopic (exact) mass is 456 g/mol. The summed E-state index contributed by atoms with van der Waals surface area (Å²) in [5, 5.41) is 2.26. The molecule has 0 aliphatic heterocycles. The molecule has 0 amide bonds. The van der Waals surface area contributed by atoms with Crippen molar-refractivity contribution in [1.29, 1.82) is 0 Å². The molecule has 0 spiro atoms. The van der Waals surface area contributed by atoms with Crippen LogP contribution < -0.4 is 9.47 Å². The Balaban J connectivity index is 1.65. The highest BCUT2D eigenvalue weighted by Crippen LogP contribution is 2.35. The van der Waals surface area contributed by atoms with Gasteiger partial charge in [0.25, 0.3) is 0 Å². The molecular weight excluding hydrogens is 418 g/mol.